The van der Waals surface area contributed by atoms with Gasteiger partial charge in [0.15, 0.2) is 6.23 Å². The number of carboxylic acids is 1. The topological polar surface area (TPSA) is 160 Å². The summed E-state index contributed by atoms with van der Waals surface area (Å²) in [4.78, 5) is 37.5. The number of ether oxygens (including phenoxy) is 1. The van der Waals surface area contributed by atoms with Crippen LogP contribution in [0.1, 0.15) is 26.5 Å². The number of benzene rings is 1. The van der Waals surface area contributed by atoms with Crippen LogP contribution in [-0.4, -0.2) is 61.8 Å². The Bertz CT molecular complexity index is 1260. The van der Waals surface area contributed by atoms with E-state index in [1.807, 2.05) is 0 Å². The van der Waals surface area contributed by atoms with Gasteiger partial charge in [-0.15, -0.1) is 6.42 Å². The van der Waals surface area contributed by atoms with Crippen LogP contribution in [0.25, 0.3) is 0 Å². The molecule has 3 rings (SSSR count). The lowest BCUT2D eigenvalue weighted by Gasteiger charge is -2.33. The Morgan fingerprint density at radius 3 is 2.61 bits per heavy atom. The third-order valence-corrected chi connectivity index (χ3v) is 7.72. The van der Waals surface area contributed by atoms with Crippen molar-refractivity contribution in [2.75, 3.05) is 13.2 Å². The molecule has 1 aliphatic heterocycles. The number of aliphatic hydroxyl groups excluding tert-OH is 1. The number of aromatic nitrogens is 2. The highest BCUT2D eigenvalue weighted by molar-refractivity contribution is 7.51. The van der Waals surface area contributed by atoms with E-state index in [-0.39, 0.29) is 12.3 Å². The van der Waals surface area contributed by atoms with E-state index < -0.39 is 62.0 Å². The number of aliphatic carboxylic acids is 1. The Morgan fingerprint density at radius 2 is 2.03 bits per heavy atom. The number of aromatic amines is 1. The summed E-state index contributed by atoms with van der Waals surface area (Å²) in [7, 11) is -4.30. The molecule has 1 aliphatic rings. The van der Waals surface area contributed by atoms with Crippen LogP contribution in [0.15, 0.2) is 52.2 Å². The maximum Gasteiger partial charge on any atom is 0.462 e. The van der Waals surface area contributed by atoms with Gasteiger partial charge in [0.05, 0.1) is 12.5 Å². The number of carboxylic acid groups (broad SMARTS) is 1. The van der Waals surface area contributed by atoms with E-state index in [4.69, 9.17) is 20.2 Å². The van der Waals surface area contributed by atoms with E-state index in [9.17, 15) is 29.2 Å². The molecule has 0 bridgehead atoms. The summed E-state index contributed by atoms with van der Waals surface area (Å²) in [6, 6.07) is 7.99. The summed E-state index contributed by atoms with van der Waals surface area (Å²) in [5.41, 5.74) is -1.40. The van der Waals surface area contributed by atoms with Gasteiger partial charge >= 0.3 is 19.4 Å². The molecular formula is C23H28N3O9P. The van der Waals surface area contributed by atoms with Crippen molar-refractivity contribution in [3.8, 4) is 18.1 Å². The number of terminal acetylenes is 1. The van der Waals surface area contributed by atoms with E-state index in [1.54, 1.807) is 37.3 Å². The molecule has 1 fully saturated rings. The maximum absolute atomic E-state index is 14.0. The quantitative estimate of drug-likeness (QED) is 0.292. The standard InChI is InChI=1S/C23H28N3O9P/c1-4-12-26(15(3)22(29)30)36(32,35-16-9-7-6-8-10-16)33-14-18-20(28)17(5-2)21(34-18)25-13-11-19(27)24-23(25)31/h2,6-11,13,15,17-18,20-21,28H,4,12,14H2,1,3H3,(H,29,30)(H,24,27,31)/t15?,17-,18-,20+,21-,36-/m1/s1. The predicted molar refractivity (Wildman–Crippen MR) is 128 cm³/mol. The molecule has 0 radical (unpaired) electrons. The number of carbonyl (C=O) groups is 1. The first-order chi connectivity index (χ1) is 17.1. The molecule has 3 N–H and O–H groups in total. The van der Waals surface area contributed by atoms with Gasteiger partial charge in [-0.1, -0.05) is 31.0 Å². The van der Waals surface area contributed by atoms with Crippen LogP contribution in [0.5, 0.6) is 5.75 Å². The highest BCUT2D eigenvalue weighted by atomic mass is 31.2. The number of rotatable bonds is 11. The van der Waals surface area contributed by atoms with Gasteiger partial charge in [-0.25, -0.2) is 9.36 Å². The number of H-pyrrole nitrogens is 1. The zero-order valence-corrected chi connectivity index (χ0v) is 20.6. The summed E-state index contributed by atoms with van der Waals surface area (Å²) in [6.45, 7) is 2.72. The van der Waals surface area contributed by atoms with Gasteiger partial charge < -0.3 is 19.5 Å². The fraction of sp³-hybridized carbons (Fsp3) is 0.435. The van der Waals surface area contributed by atoms with Crippen LogP contribution >= 0.6 is 7.75 Å². The molecule has 1 unspecified atom stereocenters. The molecule has 2 heterocycles. The highest BCUT2D eigenvalue weighted by Crippen LogP contribution is 2.54. The summed E-state index contributed by atoms with van der Waals surface area (Å²) in [5, 5.41) is 20.4. The fourth-order valence-corrected chi connectivity index (χ4v) is 5.75. The van der Waals surface area contributed by atoms with E-state index in [2.05, 4.69) is 10.9 Å². The predicted octanol–water partition coefficient (Wildman–Crippen LogP) is 1.43. The molecule has 0 saturated carbocycles. The normalized spacial score (nSPS) is 24.1. The third-order valence-electron chi connectivity index (χ3n) is 5.63. The molecule has 36 heavy (non-hydrogen) atoms. The largest absolute Gasteiger partial charge is 0.480 e. The van der Waals surface area contributed by atoms with E-state index in [1.165, 1.54) is 13.1 Å². The average molecular weight is 521 g/mol. The maximum atomic E-state index is 14.0. The fourth-order valence-electron chi connectivity index (χ4n) is 3.75. The van der Waals surface area contributed by atoms with Crippen molar-refractivity contribution < 1.29 is 33.4 Å². The lowest BCUT2D eigenvalue weighted by Crippen LogP contribution is -2.40. The molecule has 12 nitrogen and oxygen atoms in total. The van der Waals surface area contributed by atoms with Gasteiger partial charge in [0.2, 0.25) is 0 Å². The van der Waals surface area contributed by atoms with Gasteiger partial charge in [0, 0.05) is 18.8 Å². The van der Waals surface area contributed by atoms with Gasteiger partial charge in [0.25, 0.3) is 5.56 Å². The number of hydrogen-bond donors (Lipinski definition) is 3. The minimum atomic E-state index is -4.30. The Balaban J connectivity index is 1.89. The van der Waals surface area contributed by atoms with Crippen molar-refractivity contribution in [2.24, 2.45) is 5.92 Å². The summed E-state index contributed by atoms with van der Waals surface area (Å²) in [5.74, 6) is 0.334. The Labute approximate surface area is 207 Å². The highest BCUT2D eigenvalue weighted by Gasteiger charge is 2.47. The zero-order valence-electron chi connectivity index (χ0n) is 19.7. The summed E-state index contributed by atoms with van der Waals surface area (Å²) < 4.78 is 33.4. The molecule has 0 spiro atoms. The lowest BCUT2D eigenvalue weighted by molar-refractivity contribution is -0.141. The average Bonchev–Trinajstić information content (AvgIpc) is 3.16. The number of nitrogens with zero attached hydrogens (tertiary/aromatic N) is 2. The molecule has 1 saturated heterocycles. The monoisotopic (exact) mass is 521 g/mol. The number of aliphatic hydroxyl groups is 1. The van der Waals surface area contributed by atoms with Crippen LogP contribution in [0, 0.1) is 18.3 Å². The first-order valence-electron chi connectivity index (χ1n) is 11.2. The summed E-state index contributed by atoms with van der Waals surface area (Å²) >= 11 is 0. The van der Waals surface area contributed by atoms with Gasteiger partial charge in [0.1, 0.15) is 24.0 Å². The molecule has 0 aliphatic carbocycles. The SMILES string of the molecule is C#C[C@@H]1[C@H](O)[C@@H](CO[P@@](=O)(Oc2ccccc2)N(CCC)C(C)C(=O)O)O[C@H]1n1ccc(=O)[nH]c1=O. The lowest BCUT2D eigenvalue weighted by atomic mass is 10.0. The van der Waals surface area contributed by atoms with Crippen molar-refractivity contribution in [1.82, 2.24) is 14.2 Å². The van der Waals surface area contributed by atoms with E-state index >= 15 is 0 Å². The molecule has 194 valence electrons. The van der Waals surface area contributed by atoms with Crippen molar-refractivity contribution >= 4 is 13.7 Å². The smallest absolute Gasteiger partial charge is 0.462 e. The van der Waals surface area contributed by atoms with Crippen LogP contribution < -0.4 is 15.8 Å². The molecule has 13 heteroatoms. The van der Waals surface area contributed by atoms with Crippen molar-refractivity contribution in [3.05, 3.63) is 63.4 Å². The Morgan fingerprint density at radius 1 is 1.33 bits per heavy atom. The van der Waals surface area contributed by atoms with Crippen molar-refractivity contribution in [1.29, 1.82) is 0 Å². The molecule has 2 aromatic rings. The van der Waals surface area contributed by atoms with Crippen molar-refractivity contribution in [3.63, 3.8) is 0 Å². The minimum Gasteiger partial charge on any atom is -0.480 e. The second kappa shape index (κ2) is 11.7. The first-order valence-corrected chi connectivity index (χ1v) is 12.7. The summed E-state index contributed by atoms with van der Waals surface area (Å²) in [6.07, 6.45) is 3.59. The number of hydrogen-bond acceptors (Lipinski definition) is 8. The molecule has 1 aromatic carbocycles. The van der Waals surface area contributed by atoms with Gasteiger partial charge in [-0.05, 0) is 25.5 Å². The molecule has 6 atom stereocenters. The van der Waals surface area contributed by atoms with Crippen LogP contribution in [0.4, 0.5) is 0 Å². The minimum absolute atomic E-state index is 0.0774. The van der Waals surface area contributed by atoms with Gasteiger partial charge in [-0.2, -0.15) is 4.67 Å². The second-order valence-electron chi connectivity index (χ2n) is 8.11. The zero-order chi connectivity index (χ0) is 26.5. The first kappa shape index (κ1) is 27.4. The van der Waals surface area contributed by atoms with Crippen LogP contribution in [-0.2, 0) is 18.6 Å². The van der Waals surface area contributed by atoms with Crippen molar-refractivity contribution in [2.45, 2.75) is 44.7 Å². The van der Waals surface area contributed by atoms with E-state index in [0.717, 1.165) is 15.3 Å². The van der Waals surface area contributed by atoms with Crippen LogP contribution in [0.3, 0.4) is 0 Å². The number of nitrogens with one attached hydrogen (secondary N) is 1. The Kier molecular flexibility index (Phi) is 8.89. The second-order valence-corrected chi connectivity index (χ2v) is 10.0. The van der Waals surface area contributed by atoms with Gasteiger partial charge in [-0.3, -0.25) is 23.7 Å². The molecule has 1 aromatic heterocycles. The molecular weight excluding hydrogens is 493 g/mol. The van der Waals surface area contributed by atoms with E-state index in [0.29, 0.717) is 6.42 Å². The Hall–Kier alpha value is -3.20. The molecule has 0 amide bonds. The van der Waals surface area contributed by atoms with Crippen LogP contribution in [0.2, 0.25) is 0 Å². The number of para-hydroxylation sites is 1. The third kappa shape index (κ3) is 5.95.